The Morgan fingerprint density at radius 1 is 1.04 bits per heavy atom. The van der Waals surface area contributed by atoms with E-state index in [1.165, 1.54) is 22.8 Å². The van der Waals surface area contributed by atoms with E-state index in [0.717, 1.165) is 38.8 Å². The summed E-state index contributed by atoms with van der Waals surface area (Å²) in [6.45, 7) is 9.67. The molecule has 25 heavy (non-hydrogen) atoms. The molecule has 0 spiro atoms. The van der Waals surface area contributed by atoms with Gasteiger partial charge in [-0.15, -0.1) is 11.3 Å². The Morgan fingerprint density at radius 3 is 2.60 bits per heavy atom. The van der Waals surface area contributed by atoms with Gasteiger partial charge >= 0.3 is 0 Å². The van der Waals surface area contributed by atoms with Crippen LogP contribution in [0.1, 0.15) is 32.8 Å². The lowest BCUT2D eigenvalue weighted by molar-refractivity contribution is 0.00471. The molecule has 0 saturated carbocycles. The Hall–Kier alpha value is -1.20. The predicted octanol–water partition coefficient (Wildman–Crippen LogP) is 3.66. The molecule has 0 amide bonds. The summed E-state index contributed by atoms with van der Waals surface area (Å²) in [6, 6.07) is 14.3. The zero-order chi connectivity index (χ0) is 16.8. The number of aryl methyl sites for hydroxylation is 1. The number of benzene rings is 1. The van der Waals surface area contributed by atoms with E-state index in [9.17, 15) is 0 Å². The van der Waals surface area contributed by atoms with Crippen LogP contribution in [0.4, 0.5) is 0 Å². The van der Waals surface area contributed by atoms with Crippen molar-refractivity contribution in [2.24, 2.45) is 5.92 Å². The van der Waals surface area contributed by atoms with Gasteiger partial charge in [0.25, 0.3) is 0 Å². The molecular weight excluding hydrogens is 328 g/mol. The number of likely N-dealkylation sites (tertiary alicyclic amines) is 1. The molecule has 0 N–H and O–H groups in total. The summed E-state index contributed by atoms with van der Waals surface area (Å²) in [4.78, 5) is 8.30. The standard InChI is InChI=1S/C21H26N2OS/c1-15-6-7-16(25-15)12-22-13-19-17-4-2-3-5-18(17)21(20(19)14-22)23-8-10-24-11-9-23/h2-7,19-21H,8-14H2,1H3/t19-,20-,21-/m0/s1. The van der Waals surface area contributed by atoms with Crippen LogP contribution in [0.15, 0.2) is 36.4 Å². The van der Waals surface area contributed by atoms with Crippen LogP contribution >= 0.6 is 11.3 Å². The zero-order valence-corrected chi connectivity index (χ0v) is 15.7. The van der Waals surface area contributed by atoms with E-state index in [1.807, 2.05) is 11.3 Å². The molecule has 3 atom stereocenters. The summed E-state index contributed by atoms with van der Waals surface area (Å²) in [7, 11) is 0. The third-order valence-electron chi connectivity index (χ3n) is 6.17. The number of nitrogens with zero attached hydrogens (tertiary/aromatic N) is 2. The smallest absolute Gasteiger partial charge is 0.0594 e. The highest BCUT2D eigenvalue weighted by Gasteiger charge is 2.48. The molecule has 0 unspecified atom stereocenters. The van der Waals surface area contributed by atoms with Gasteiger partial charge in [0.05, 0.1) is 13.2 Å². The molecule has 0 bridgehead atoms. The number of hydrogen-bond donors (Lipinski definition) is 0. The average molecular weight is 355 g/mol. The molecule has 5 rings (SSSR count). The number of rotatable bonds is 3. The van der Waals surface area contributed by atoms with Crippen LogP contribution in [0.2, 0.25) is 0 Å². The minimum Gasteiger partial charge on any atom is -0.379 e. The van der Waals surface area contributed by atoms with Crippen LogP contribution in [0, 0.1) is 12.8 Å². The monoisotopic (exact) mass is 354 g/mol. The molecular formula is C21H26N2OS. The van der Waals surface area contributed by atoms with Gasteiger partial charge < -0.3 is 4.74 Å². The fraction of sp³-hybridized carbons (Fsp3) is 0.524. The van der Waals surface area contributed by atoms with E-state index >= 15 is 0 Å². The van der Waals surface area contributed by atoms with Crippen molar-refractivity contribution in [3.8, 4) is 0 Å². The lowest BCUT2D eigenvalue weighted by Gasteiger charge is -2.36. The van der Waals surface area contributed by atoms with E-state index in [4.69, 9.17) is 4.74 Å². The van der Waals surface area contributed by atoms with Gasteiger partial charge in [-0.05, 0) is 36.1 Å². The molecule has 0 radical (unpaired) electrons. The first-order valence-corrected chi connectivity index (χ1v) is 10.3. The van der Waals surface area contributed by atoms with E-state index < -0.39 is 0 Å². The van der Waals surface area contributed by atoms with E-state index in [0.29, 0.717) is 12.0 Å². The van der Waals surface area contributed by atoms with Gasteiger partial charge in [-0.3, -0.25) is 9.80 Å². The van der Waals surface area contributed by atoms with Gasteiger partial charge in [-0.2, -0.15) is 0 Å². The minimum absolute atomic E-state index is 0.583. The van der Waals surface area contributed by atoms with Crippen molar-refractivity contribution in [2.45, 2.75) is 25.4 Å². The highest BCUT2D eigenvalue weighted by atomic mass is 32.1. The van der Waals surface area contributed by atoms with Crippen LogP contribution < -0.4 is 0 Å². The maximum atomic E-state index is 5.61. The number of fused-ring (bicyclic) bond motifs is 3. The lowest BCUT2D eigenvalue weighted by Crippen LogP contribution is -2.41. The Kier molecular flexibility index (Phi) is 4.17. The number of morpholine rings is 1. The molecule has 4 heteroatoms. The number of hydrogen-bond acceptors (Lipinski definition) is 4. The molecule has 3 heterocycles. The first-order chi connectivity index (χ1) is 12.3. The molecule has 3 nitrogen and oxygen atoms in total. The van der Waals surface area contributed by atoms with Gasteiger partial charge in [-0.25, -0.2) is 0 Å². The summed E-state index contributed by atoms with van der Waals surface area (Å²) in [5.41, 5.74) is 3.19. The summed E-state index contributed by atoms with van der Waals surface area (Å²) in [6.07, 6.45) is 0. The van der Waals surface area contributed by atoms with Gasteiger partial charge in [0.2, 0.25) is 0 Å². The quantitative estimate of drug-likeness (QED) is 0.837. The van der Waals surface area contributed by atoms with E-state index in [2.05, 4.69) is 53.1 Å². The third kappa shape index (κ3) is 2.85. The molecule has 132 valence electrons. The molecule has 2 saturated heterocycles. The maximum Gasteiger partial charge on any atom is 0.0594 e. The second-order valence-corrected chi connectivity index (χ2v) is 9.07. The molecule has 1 aliphatic carbocycles. The Balaban J connectivity index is 1.41. The molecule has 2 fully saturated rings. The fourth-order valence-electron chi connectivity index (χ4n) is 5.15. The van der Waals surface area contributed by atoms with Crippen molar-refractivity contribution in [3.05, 3.63) is 57.3 Å². The average Bonchev–Trinajstić information content (AvgIpc) is 3.30. The van der Waals surface area contributed by atoms with Crippen molar-refractivity contribution in [1.82, 2.24) is 9.80 Å². The van der Waals surface area contributed by atoms with Gasteiger partial charge in [-0.1, -0.05) is 24.3 Å². The second kappa shape index (κ2) is 6.51. The fourth-order valence-corrected chi connectivity index (χ4v) is 6.09. The largest absolute Gasteiger partial charge is 0.379 e. The van der Waals surface area contributed by atoms with Crippen molar-refractivity contribution in [1.29, 1.82) is 0 Å². The molecule has 1 aromatic carbocycles. The van der Waals surface area contributed by atoms with Crippen molar-refractivity contribution in [3.63, 3.8) is 0 Å². The van der Waals surface area contributed by atoms with Gasteiger partial charge in [0, 0.05) is 54.4 Å². The topological polar surface area (TPSA) is 15.7 Å². The van der Waals surface area contributed by atoms with E-state index in [1.54, 1.807) is 11.1 Å². The highest BCUT2D eigenvalue weighted by molar-refractivity contribution is 7.11. The van der Waals surface area contributed by atoms with Crippen molar-refractivity contribution < 1.29 is 4.74 Å². The molecule has 2 aromatic rings. The normalized spacial score (nSPS) is 29.7. The minimum atomic E-state index is 0.583. The third-order valence-corrected chi connectivity index (χ3v) is 7.16. The summed E-state index contributed by atoms with van der Waals surface area (Å²) < 4.78 is 5.61. The maximum absolute atomic E-state index is 5.61. The first kappa shape index (κ1) is 16.0. The van der Waals surface area contributed by atoms with Crippen LogP contribution in [-0.4, -0.2) is 49.2 Å². The van der Waals surface area contributed by atoms with Crippen molar-refractivity contribution >= 4 is 11.3 Å². The Labute approximate surface area is 154 Å². The molecule has 1 aromatic heterocycles. The molecule has 2 aliphatic heterocycles. The lowest BCUT2D eigenvalue weighted by atomic mass is 9.93. The molecule has 3 aliphatic rings. The van der Waals surface area contributed by atoms with Gasteiger partial charge in [0.1, 0.15) is 0 Å². The highest BCUT2D eigenvalue weighted by Crippen LogP contribution is 2.52. The van der Waals surface area contributed by atoms with Crippen LogP contribution in [0.25, 0.3) is 0 Å². The summed E-state index contributed by atoms with van der Waals surface area (Å²) in [5.74, 6) is 1.43. The van der Waals surface area contributed by atoms with Crippen LogP contribution in [0.3, 0.4) is 0 Å². The van der Waals surface area contributed by atoms with Gasteiger partial charge in [0.15, 0.2) is 0 Å². The van der Waals surface area contributed by atoms with Crippen molar-refractivity contribution in [2.75, 3.05) is 39.4 Å². The number of ether oxygens (including phenoxy) is 1. The first-order valence-electron chi connectivity index (χ1n) is 9.48. The zero-order valence-electron chi connectivity index (χ0n) is 14.9. The summed E-state index contributed by atoms with van der Waals surface area (Å²) in [5, 5.41) is 0. The predicted molar refractivity (Wildman–Crippen MR) is 102 cm³/mol. The SMILES string of the molecule is Cc1ccc(CN2C[C@H]3[C@@H](C2)c2ccccc2[C@@H]3N2CCOCC2)s1. The summed E-state index contributed by atoms with van der Waals surface area (Å²) >= 11 is 1.95. The Bertz CT molecular complexity index is 752. The van der Waals surface area contributed by atoms with Crippen LogP contribution in [-0.2, 0) is 11.3 Å². The second-order valence-electron chi connectivity index (χ2n) is 7.70. The van der Waals surface area contributed by atoms with E-state index in [-0.39, 0.29) is 0 Å². The Morgan fingerprint density at radius 2 is 1.84 bits per heavy atom. The van der Waals surface area contributed by atoms with Crippen LogP contribution in [0.5, 0.6) is 0 Å². The number of thiophene rings is 1.